The van der Waals surface area contributed by atoms with Crippen LogP contribution in [-0.2, 0) is 31.7 Å². The smallest absolute Gasteiger partial charge is 0.417 e. The molecule has 0 radical (unpaired) electrons. The molecular weight excluding hydrogens is 553 g/mol. The van der Waals surface area contributed by atoms with Crippen LogP contribution in [0, 0.1) is 0 Å². The summed E-state index contributed by atoms with van der Waals surface area (Å²) in [4.78, 5) is 52.4. The molecule has 3 rings (SSSR count). The molecule has 2 atom stereocenters. The monoisotopic (exact) mass is 584 g/mol. The van der Waals surface area contributed by atoms with E-state index in [0.717, 1.165) is 17.7 Å². The summed E-state index contributed by atoms with van der Waals surface area (Å²) in [5, 5.41) is 5.35. The number of benzene rings is 2. The van der Waals surface area contributed by atoms with E-state index in [9.17, 15) is 32.3 Å². The zero-order valence-electron chi connectivity index (χ0n) is 22.7. The number of aromatic nitrogens is 1. The van der Waals surface area contributed by atoms with Crippen molar-refractivity contribution in [3.63, 3.8) is 0 Å². The van der Waals surface area contributed by atoms with Gasteiger partial charge < -0.3 is 26.1 Å². The van der Waals surface area contributed by atoms with Crippen LogP contribution in [0.25, 0.3) is 11.3 Å². The van der Waals surface area contributed by atoms with Gasteiger partial charge in [-0.2, -0.15) is 13.2 Å². The number of aromatic amines is 1. The molecule has 0 aliphatic rings. The fourth-order valence-corrected chi connectivity index (χ4v) is 4.13. The van der Waals surface area contributed by atoms with E-state index >= 15 is 0 Å². The number of rotatable bonds is 13. The summed E-state index contributed by atoms with van der Waals surface area (Å²) in [6.45, 7) is 1.78. The Hall–Kier alpha value is -4.87. The number of carbonyl (C=O) groups is 4. The van der Waals surface area contributed by atoms with Crippen molar-refractivity contribution in [2.45, 2.75) is 44.4 Å². The fourth-order valence-electron chi connectivity index (χ4n) is 4.13. The van der Waals surface area contributed by atoms with Crippen LogP contribution in [0.1, 0.15) is 41.4 Å². The average Bonchev–Trinajstić information content (AvgIpc) is 3.45. The molecule has 1 heterocycles. The van der Waals surface area contributed by atoms with Gasteiger partial charge in [0.05, 0.1) is 12.2 Å². The lowest BCUT2D eigenvalue weighted by atomic mass is 10.0. The number of alkyl halides is 3. The number of H-pyrrole nitrogens is 1. The van der Waals surface area contributed by atoms with Crippen LogP contribution in [-0.4, -0.2) is 47.4 Å². The lowest BCUT2D eigenvalue weighted by Crippen LogP contribution is -2.50. The van der Waals surface area contributed by atoms with Crippen LogP contribution < -0.4 is 16.4 Å². The third-order valence-corrected chi connectivity index (χ3v) is 6.14. The molecule has 12 heteroatoms. The fraction of sp³-hybridized carbons (Fsp3) is 0.267. The largest absolute Gasteiger partial charge is 0.463 e. The van der Waals surface area contributed by atoms with Gasteiger partial charge in [0.2, 0.25) is 11.8 Å². The predicted octanol–water partition coefficient (Wildman–Crippen LogP) is 3.91. The van der Waals surface area contributed by atoms with Crippen LogP contribution >= 0.6 is 0 Å². The van der Waals surface area contributed by atoms with Crippen molar-refractivity contribution in [1.29, 1.82) is 0 Å². The highest BCUT2D eigenvalue weighted by atomic mass is 19.4. The maximum absolute atomic E-state index is 13.5. The Morgan fingerprint density at radius 2 is 1.67 bits per heavy atom. The number of ether oxygens (including phenoxy) is 1. The van der Waals surface area contributed by atoms with Gasteiger partial charge >= 0.3 is 12.1 Å². The first-order valence-electron chi connectivity index (χ1n) is 13.1. The molecule has 0 aliphatic carbocycles. The molecule has 3 amide bonds. The molecule has 0 aliphatic heterocycles. The number of nitrogens with two attached hydrogens (primary N) is 1. The molecular formula is C30H31F3N4O5. The molecule has 3 aromatic rings. The lowest BCUT2D eigenvalue weighted by molar-refractivity contribution is -0.138. The average molecular weight is 585 g/mol. The van der Waals surface area contributed by atoms with Crippen molar-refractivity contribution >= 4 is 23.7 Å². The van der Waals surface area contributed by atoms with Crippen molar-refractivity contribution in [2.24, 2.45) is 5.73 Å². The lowest BCUT2D eigenvalue weighted by Gasteiger charge is -2.22. The molecule has 0 saturated carbocycles. The molecule has 222 valence electrons. The van der Waals surface area contributed by atoms with Gasteiger partial charge in [0.1, 0.15) is 11.7 Å². The van der Waals surface area contributed by atoms with Crippen molar-refractivity contribution in [2.75, 3.05) is 6.61 Å². The maximum Gasteiger partial charge on any atom is 0.417 e. The molecule has 42 heavy (non-hydrogen) atoms. The van der Waals surface area contributed by atoms with Crippen molar-refractivity contribution in [3.05, 3.63) is 95.7 Å². The third kappa shape index (κ3) is 9.36. The normalized spacial score (nSPS) is 12.9. The van der Waals surface area contributed by atoms with Gasteiger partial charge in [0.15, 0.2) is 0 Å². The Bertz CT molecular complexity index is 1420. The Kier molecular flexibility index (Phi) is 11.1. The van der Waals surface area contributed by atoms with Gasteiger partial charge in [-0.05, 0) is 37.1 Å². The van der Waals surface area contributed by atoms with Gasteiger partial charge in [0, 0.05) is 36.2 Å². The molecule has 9 nitrogen and oxygen atoms in total. The summed E-state index contributed by atoms with van der Waals surface area (Å²) in [5.74, 6) is -2.59. The summed E-state index contributed by atoms with van der Waals surface area (Å²) in [6, 6.07) is 14.6. The van der Waals surface area contributed by atoms with Gasteiger partial charge in [0.25, 0.3) is 5.91 Å². The molecule has 0 bridgehead atoms. The quantitative estimate of drug-likeness (QED) is 0.178. The first-order valence-corrected chi connectivity index (χ1v) is 13.1. The Balaban J connectivity index is 1.83. The van der Waals surface area contributed by atoms with Crippen LogP contribution in [0.3, 0.4) is 0 Å². The van der Waals surface area contributed by atoms with E-state index in [1.165, 1.54) is 36.4 Å². The number of esters is 1. The molecule has 1 aromatic heterocycles. The van der Waals surface area contributed by atoms with Crippen LogP contribution in [0.5, 0.6) is 0 Å². The second-order valence-electron chi connectivity index (χ2n) is 9.28. The van der Waals surface area contributed by atoms with Crippen LogP contribution in [0.15, 0.2) is 78.9 Å². The minimum atomic E-state index is -4.60. The van der Waals surface area contributed by atoms with Crippen LogP contribution in [0.4, 0.5) is 13.2 Å². The molecule has 0 fully saturated rings. The molecule has 0 spiro atoms. The number of halogens is 3. The standard InChI is InChI=1S/C30H31F3N4O5/c1-2-42-27(39)17-13-20(12-16-26(34)38)35-29(41)25(18-19-8-4-3-5-9-19)37-28(40)24-15-14-23(36-24)21-10-6-7-11-22(21)30(31,32)33/h3-11,13-15,17,20,25,36H,2,12,16,18H2,1H3,(H2,34,38)(H,35,41)(H,37,40)/b17-13+/t20-,25-/m1/s1. The SMILES string of the molecule is CCOC(=O)/C=C/[C@@H](CCC(N)=O)NC(=O)[C@@H](Cc1ccccc1)NC(=O)c1ccc(-c2ccccc2C(F)(F)F)[nH]1. The van der Waals surface area contributed by atoms with E-state index in [2.05, 4.69) is 15.6 Å². The number of nitrogens with one attached hydrogen (secondary N) is 3. The van der Waals surface area contributed by atoms with Crippen LogP contribution in [0.2, 0.25) is 0 Å². The molecule has 2 aromatic carbocycles. The van der Waals surface area contributed by atoms with E-state index in [-0.39, 0.29) is 42.8 Å². The highest BCUT2D eigenvalue weighted by molar-refractivity contribution is 5.97. The number of amides is 3. The van der Waals surface area contributed by atoms with Crippen molar-refractivity contribution in [1.82, 2.24) is 15.6 Å². The molecule has 0 saturated heterocycles. The van der Waals surface area contributed by atoms with Gasteiger partial charge in [-0.15, -0.1) is 0 Å². The first kappa shape index (κ1) is 31.7. The van der Waals surface area contributed by atoms with Gasteiger partial charge in [-0.1, -0.05) is 54.6 Å². The van der Waals surface area contributed by atoms with E-state index < -0.39 is 47.5 Å². The maximum atomic E-state index is 13.5. The second-order valence-corrected chi connectivity index (χ2v) is 9.28. The van der Waals surface area contributed by atoms with E-state index in [1.54, 1.807) is 37.3 Å². The summed E-state index contributed by atoms with van der Waals surface area (Å²) < 4.78 is 45.4. The highest BCUT2D eigenvalue weighted by Gasteiger charge is 2.34. The minimum absolute atomic E-state index is 0.0553. The first-order chi connectivity index (χ1) is 20.0. The van der Waals surface area contributed by atoms with Gasteiger partial charge in [-0.3, -0.25) is 14.4 Å². The topological polar surface area (TPSA) is 143 Å². The molecule has 5 N–H and O–H groups in total. The summed E-state index contributed by atoms with van der Waals surface area (Å²) in [6.07, 6.45) is -2.03. The summed E-state index contributed by atoms with van der Waals surface area (Å²) >= 11 is 0. The molecule has 0 unspecified atom stereocenters. The second kappa shape index (κ2) is 14.7. The summed E-state index contributed by atoms with van der Waals surface area (Å²) in [7, 11) is 0. The zero-order valence-corrected chi connectivity index (χ0v) is 22.7. The van der Waals surface area contributed by atoms with E-state index in [4.69, 9.17) is 10.5 Å². The predicted molar refractivity (Wildman–Crippen MR) is 149 cm³/mol. The zero-order chi connectivity index (χ0) is 30.7. The number of carbonyl (C=O) groups excluding carboxylic acids is 4. The Morgan fingerprint density at radius 1 is 0.976 bits per heavy atom. The Labute approximate surface area is 240 Å². The Morgan fingerprint density at radius 3 is 2.33 bits per heavy atom. The van der Waals surface area contributed by atoms with E-state index in [0.29, 0.717) is 0 Å². The van der Waals surface area contributed by atoms with Crippen molar-refractivity contribution in [3.8, 4) is 11.3 Å². The third-order valence-electron chi connectivity index (χ3n) is 6.14. The highest BCUT2D eigenvalue weighted by Crippen LogP contribution is 2.36. The number of hydrogen-bond acceptors (Lipinski definition) is 5. The van der Waals surface area contributed by atoms with Gasteiger partial charge in [-0.25, -0.2) is 4.79 Å². The minimum Gasteiger partial charge on any atom is -0.463 e. The number of primary amides is 1. The van der Waals surface area contributed by atoms with E-state index in [1.807, 2.05) is 0 Å². The number of hydrogen-bond donors (Lipinski definition) is 4. The van der Waals surface area contributed by atoms with Crippen molar-refractivity contribution < 1.29 is 37.1 Å². The summed E-state index contributed by atoms with van der Waals surface area (Å²) in [5.41, 5.74) is 5.00.